The van der Waals surface area contributed by atoms with Crippen molar-refractivity contribution in [2.45, 2.75) is 31.5 Å². The minimum Gasteiger partial charge on any atom is -0.366 e. The molecule has 7 heteroatoms. The largest absolute Gasteiger partial charge is 0.366 e. The third-order valence-corrected chi connectivity index (χ3v) is 6.30. The van der Waals surface area contributed by atoms with Gasteiger partial charge in [0, 0.05) is 51.7 Å². The second-order valence-corrected chi connectivity index (χ2v) is 8.47. The lowest BCUT2D eigenvalue weighted by molar-refractivity contribution is -0.138. The van der Waals surface area contributed by atoms with E-state index < -0.39 is 0 Å². The molecular weight excluding hydrogens is 371 g/mol. The molecule has 0 radical (unpaired) electrons. The van der Waals surface area contributed by atoms with Gasteiger partial charge in [-0.25, -0.2) is 4.39 Å². The number of carbonyl (C=O) groups is 1. The van der Waals surface area contributed by atoms with Crippen molar-refractivity contribution in [1.82, 2.24) is 19.6 Å². The summed E-state index contributed by atoms with van der Waals surface area (Å²) >= 11 is 0. The Labute approximate surface area is 171 Å². The molecule has 1 saturated carbocycles. The van der Waals surface area contributed by atoms with E-state index in [9.17, 15) is 9.18 Å². The van der Waals surface area contributed by atoms with Crippen molar-refractivity contribution >= 4 is 5.91 Å². The molecule has 29 heavy (non-hydrogen) atoms. The summed E-state index contributed by atoms with van der Waals surface area (Å²) in [6.45, 7) is 2.62. The van der Waals surface area contributed by atoms with Gasteiger partial charge in [0.2, 0.25) is 5.91 Å². The zero-order chi connectivity index (χ0) is 20.4. The number of aromatic nitrogens is 2. The number of benzene rings is 1. The lowest BCUT2D eigenvalue weighted by Gasteiger charge is -2.38. The summed E-state index contributed by atoms with van der Waals surface area (Å²) in [6.07, 6.45) is 5.56. The van der Waals surface area contributed by atoms with Gasteiger partial charge in [0.05, 0.1) is 12.1 Å². The number of amides is 1. The molecule has 1 aliphatic carbocycles. The number of rotatable bonds is 6. The van der Waals surface area contributed by atoms with Crippen molar-refractivity contribution in [2.24, 2.45) is 11.8 Å². The van der Waals surface area contributed by atoms with Crippen LogP contribution in [0.2, 0.25) is 0 Å². The van der Waals surface area contributed by atoms with Crippen LogP contribution in [0, 0.1) is 17.7 Å². The fourth-order valence-corrected chi connectivity index (χ4v) is 4.73. The van der Waals surface area contributed by atoms with Crippen LogP contribution >= 0.6 is 0 Å². The third-order valence-electron chi connectivity index (χ3n) is 6.30. The maximum Gasteiger partial charge on any atom is 0.248 e. The molecule has 1 aromatic carbocycles. The van der Waals surface area contributed by atoms with Crippen LogP contribution in [-0.4, -0.2) is 65.4 Å². The first-order valence-corrected chi connectivity index (χ1v) is 10.3. The van der Waals surface area contributed by atoms with Gasteiger partial charge in [-0.3, -0.25) is 14.4 Å². The highest BCUT2D eigenvalue weighted by Crippen LogP contribution is 2.42. The molecule has 1 saturated heterocycles. The van der Waals surface area contributed by atoms with Crippen molar-refractivity contribution < 1.29 is 13.9 Å². The van der Waals surface area contributed by atoms with Crippen molar-refractivity contribution in [1.29, 1.82) is 0 Å². The van der Waals surface area contributed by atoms with E-state index in [4.69, 9.17) is 4.74 Å². The van der Waals surface area contributed by atoms with Crippen LogP contribution in [0.4, 0.5) is 4.39 Å². The Kier molecular flexibility index (Phi) is 5.96. The molecule has 2 fully saturated rings. The maximum absolute atomic E-state index is 14.1. The summed E-state index contributed by atoms with van der Waals surface area (Å²) in [7, 11) is 3.48. The Morgan fingerprint density at radius 1 is 1.21 bits per heavy atom. The monoisotopic (exact) mass is 400 g/mol. The average molecular weight is 400 g/mol. The van der Waals surface area contributed by atoms with Crippen LogP contribution in [0.3, 0.4) is 0 Å². The molecule has 2 heterocycles. The average Bonchev–Trinajstić information content (AvgIpc) is 3.36. The number of likely N-dealkylation sites (N-methyl/N-ethyl adjacent to an activating group) is 1. The van der Waals surface area contributed by atoms with E-state index >= 15 is 0 Å². The minimum absolute atomic E-state index is 0.0288. The summed E-state index contributed by atoms with van der Waals surface area (Å²) in [5.41, 5.74) is 0.749. The van der Waals surface area contributed by atoms with E-state index in [0.29, 0.717) is 18.4 Å². The highest BCUT2D eigenvalue weighted by molar-refractivity contribution is 5.76. The standard InChI is InChI=1S/C22H29FN4O2/c1-25(2)22(28)15-29-21-11-18-14-26(12-16-6-3-4-7-19(16)23)13-17(18)10-20(21)27-9-5-8-24-27/h3-9,17-18,20-21H,10-15H2,1-2H3/t17-,18+,20-,21-/m0/s1. The summed E-state index contributed by atoms with van der Waals surface area (Å²) in [6, 6.07) is 9.05. The SMILES string of the molecule is CN(C)C(=O)CO[C@H]1C[C@@H]2CN(Cc3ccccc3F)C[C@@H]2C[C@@H]1n1cccn1. The van der Waals surface area contributed by atoms with E-state index in [1.165, 1.54) is 6.07 Å². The van der Waals surface area contributed by atoms with Gasteiger partial charge in [-0.15, -0.1) is 0 Å². The van der Waals surface area contributed by atoms with Gasteiger partial charge >= 0.3 is 0 Å². The Hall–Kier alpha value is -2.25. The molecular formula is C22H29FN4O2. The number of carbonyl (C=O) groups excluding carboxylic acids is 1. The molecule has 1 amide bonds. The molecule has 4 rings (SSSR count). The molecule has 0 bridgehead atoms. The van der Waals surface area contributed by atoms with Crippen molar-refractivity contribution in [2.75, 3.05) is 33.8 Å². The molecule has 0 unspecified atom stereocenters. The van der Waals surface area contributed by atoms with Crippen LogP contribution < -0.4 is 0 Å². The quantitative estimate of drug-likeness (QED) is 0.748. The first-order valence-electron chi connectivity index (χ1n) is 10.3. The van der Waals surface area contributed by atoms with Crippen LogP contribution in [0.15, 0.2) is 42.7 Å². The molecule has 156 valence electrons. The van der Waals surface area contributed by atoms with Crippen LogP contribution in [0.1, 0.15) is 24.4 Å². The molecule has 1 aromatic heterocycles. The third kappa shape index (κ3) is 4.51. The fraction of sp³-hybridized carbons (Fsp3) is 0.545. The van der Waals surface area contributed by atoms with Gasteiger partial charge in [-0.05, 0) is 36.8 Å². The van der Waals surface area contributed by atoms with Gasteiger partial charge < -0.3 is 9.64 Å². The number of hydrogen-bond donors (Lipinski definition) is 0. The zero-order valence-corrected chi connectivity index (χ0v) is 17.1. The topological polar surface area (TPSA) is 50.6 Å². The zero-order valence-electron chi connectivity index (χ0n) is 17.1. The summed E-state index contributed by atoms with van der Waals surface area (Å²) in [4.78, 5) is 15.9. The van der Waals surface area contributed by atoms with Crippen molar-refractivity contribution in [3.05, 3.63) is 54.1 Å². The molecule has 0 spiro atoms. The molecule has 4 atom stereocenters. The lowest BCUT2D eigenvalue weighted by atomic mass is 9.77. The van der Waals surface area contributed by atoms with Gasteiger partial charge in [0.15, 0.2) is 0 Å². The van der Waals surface area contributed by atoms with E-state index in [2.05, 4.69) is 10.00 Å². The maximum atomic E-state index is 14.1. The fourth-order valence-electron chi connectivity index (χ4n) is 4.73. The first-order chi connectivity index (χ1) is 14.0. The predicted molar refractivity (Wildman–Crippen MR) is 108 cm³/mol. The van der Waals surface area contributed by atoms with Gasteiger partial charge in [0.1, 0.15) is 12.4 Å². The normalized spacial score (nSPS) is 27.0. The Morgan fingerprint density at radius 2 is 1.97 bits per heavy atom. The highest BCUT2D eigenvalue weighted by Gasteiger charge is 2.43. The van der Waals surface area contributed by atoms with E-state index in [-0.39, 0.29) is 30.5 Å². The second kappa shape index (κ2) is 8.63. The minimum atomic E-state index is -0.139. The highest BCUT2D eigenvalue weighted by atomic mass is 19.1. The summed E-state index contributed by atoms with van der Waals surface area (Å²) < 4.78 is 22.1. The number of fused-ring (bicyclic) bond motifs is 1. The van der Waals surface area contributed by atoms with E-state index in [1.54, 1.807) is 31.3 Å². The lowest BCUT2D eigenvalue weighted by Crippen LogP contribution is -2.40. The van der Waals surface area contributed by atoms with E-state index in [0.717, 1.165) is 31.5 Å². The first kappa shape index (κ1) is 20.0. The summed E-state index contributed by atoms with van der Waals surface area (Å²) in [5.74, 6) is 0.854. The number of likely N-dealkylation sites (tertiary alicyclic amines) is 1. The van der Waals surface area contributed by atoms with Crippen molar-refractivity contribution in [3.63, 3.8) is 0 Å². The molecule has 0 N–H and O–H groups in total. The number of ether oxygens (including phenoxy) is 1. The van der Waals surface area contributed by atoms with Crippen LogP contribution in [-0.2, 0) is 16.1 Å². The Balaban J connectivity index is 1.44. The van der Waals surface area contributed by atoms with Gasteiger partial charge in [-0.1, -0.05) is 18.2 Å². The van der Waals surface area contributed by atoms with Crippen molar-refractivity contribution in [3.8, 4) is 0 Å². The molecule has 6 nitrogen and oxygen atoms in total. The molecule has 2 aromatic rings. The predicted octanol–water partition coefficient (Wildman–Crippen LogP) is 2.58. The smallest absolute Gasteiger partial charge is 0.248 e. The van der Waals surface area contributed by atoms with Crippen LogP contribution in [0.25, 0.3) is 0 Å². The number of nitrogens with zero attached hydrogens (tertiary/aromatic N) is 4. The number of hydrogen-bond acceptors (Lipinski definition) is 4. The van der Waals surface area contributed by atoms with Crippen LogP contribution in [0.5, 0.6) is 0 Å². The Bertz CT molecular complexity index is 826. The Morgan fingerprint density at radius 3 is 2.66 bits per heavy atom. The second-order valence-electron chi connectivity index (χ2n) is 8.47. The van der Waals surface area contributed by atoms with Gasteiger partial charge in [0.25, 0.3) is 0 Å². The molecule has 2 aliphatic rings. The molecule has 1 aliphatic heterocycles. The van der Waals surface area contributed by atoms with E-state index in [1.807, 2.05) is 29.1 Å². The summed E-state index contributed by atoms with van der Waals surface area (Å²) in [5, 5.41) is 4.44. The van der Waals surface area contributed by atoms with Gasteiger partial charge in [-0.2, -0.15) is 5.10 Å². The number of halogens is 1.